The van der Waals surface area contributed by atoms with Crippen LogP contribution in [0.1, 0.15) is 46.1 Å². The fourth-order valence-corrected chi connectivity index (χ4v) is 4.08. The van der Waals surface area contributed by atoms with E-state index >= 15 is 0 Å². The zero-order chi connectivity index (χ0) is 22.2. The van der Waals surface area contributed by atoms with E-state index in [0.717, 1.165) is 45.8 Å². The summed E-state index contributed by atoms with van der Waals surface area (Å²) in [4.78, 5) is 8.97. The molecule has 4 aromatic rings. The molecule has 0 unspecified atom stereocenters. The van der Waals surface area contributed by atoms with Crippen molar-refractivity contribution in [3.63, 3.8) is 0 Å². The van der Waals surface area contributed by atoms with E-state index in [4.69, 9.17) is 10.1 Å². The lowest BCUT2D eigenvalue weighted by Crippen LogP contribution is -2.12. The minimum absolute atomic E-state index is 0. The zero-order valence-corrected chi connectivity index (χ0v) is 19.3. The molecule has 3 aromatic heterocycles. The van der Waals surface area contributed by atoms with Gasteiger partial charge in [0.1, 0.15) is 12.5 Å². The van der Waals surface area contributed by atoms with Crippen LogP contribution in [0, 0.1) is 6.92 Å². The summed E-state index contributed by atoms with van der Waals surface area (Å²) in [7, 11) is 0. The number of nitrogens with zero attached hydrogens (tertiary/aromatic N) is 5. The van der Waals surface area contributed by atoms with Crippen LogP contribution in [-0.2, 0) is 18.6 Å². The molecule has 0 fully saturated rings. The summed E-state index contributed by atoms with van der Waals surface area (Å²) in [6.45, 7) is 10.7. The predicted molar refractivity (Wildman–Crippen MR) is 126 cm³/mol. The lowest BCUT2D eigenvalue weighted by atomic mass is 9.92. The Hall–Kier alpha value is -3.00. The minimum Gasteiger partial charge on any atom is -0.316 e. The minimum atomic E-state index is -0.555. The molecule has 31 heavy (non-hydrogen) atoms. The first-order valence-corrected chi connectivity index (χ1v) is 11.2. The van der Waals surface area contributed by atoms with E-state index < -0.39 is 6.67 Å². The third kappa shape index (κ3) is 4.39. The normalized spacial score (nSPS) is 11.8. The number of hydrogen-bond acceptors (Lipinski definition) is 5. The number of benzene rings is 1. The molecule has 0 bridgehead atoms. The Morgan fingerprint density at radius 1 is 1.23 bits per heavy atom. The van der Waals surface area contributed by atoms with Gasteiger partial charge >= 0.3 is 0 Å². The predicted octanol–water partition coefficient (Wildman–Crippen LogP) is 6.28. The maximum Gasteiger partial charge on any atom is 0.188 e. The first kappa shape index (κ1) is 21.2. The third-order valence-corrected chi connectivity index (χ3v) is 5.85. The van der Waals surface area contributed by atoms with Crippen molar-refractivity contribution >= 4 is 22.3 Å². The average molecular weight is 441 g/mol. The van der Waals surface area contributed by atoms with Crippen LogP contribution < -0.4 is 5.32 Å². The monoisotopic (exact) mass is 440 g/mol. The molecule has 8 heteroatoms. The molecule has 0 aliphatic heterocycles. The van der Waals surface area contributed by atoms with Crippen molar-refractivity contribution in [2.45, 2.75) is 53.3 Å². The van der Waals surface area contributed by atoms with Gasteiger partial charge in [0.05, 0.1) is 29.1 Å². The van der Waals surface area contributed by atoms with Gasteiger partial charge in [-0.1, -0.05) is 26.8 Å². The van der Waals surface area contributed by atoms with Crippen molar-refractivity contribution in [3.05, 3.63) is 59.1 Å². The van der Waals surface area contributed by atoms with E-state index in [1.807, 2.05) is 45.9 Å². The van der Waals surface area contributed by atoms with Crippen LogP contribution in [0.4, 0.5) is 15.3 Å². The summed E-state index contributed by atoms with van der Waals surface area (Å²) in [5.41, 5.74) is 5.00. The van der Waals surface area contributed by atoms with E-state index in [-0.39, 0.29) is 6.84 Å². The van der Waals surface area contributed by atoms with Gasteiger partial charge in [-0.25, -0.2) is 19.0 Å². The Morgan fingerprint density at radius 3 is 2.68 bits per heavy atom. The van der Waals surface area contributed by atoms with Gasteiger partial charge in [-0.05, 0) is 26.0 Å². The molecule has 0 aliphatic carbocycles. The second-order valence-corrected chi connectivity index (χ2v) is 9.40. The first-order valence-electron chi connectivity index (χ1n) is 10.3. The molecule has 164 valence electrons. The van der Waals surface area contributed by atoms with Crippen LogP contribution in [0.25, 0.3) is 16.9 Å². The van der Waals surface area contributed by atoms with Crippen molar-refractivity contribution < 1.29 is 5.82 Å². The lowest BCUT2D eigenvalue weighted by Gasteiger charge is -2.13. The number of hydrogen-bond donors (Lipinski definition) is 1. The molecule has 1 N–H and O–H groups in total. The summed E-state index contributed by atoms with van der Waals surface area (Å²) in [5, 5.41) is 10.9. The van der Waals surface area contributed by atoms with Gasteiger partial charge in [-0.2, -0.15) is 5.10 Å². The van der Waals surface area contributed by atoms with Gasteiger partial charge in [0.2, 0.25) is 0 Å². The summed E-state index contributed by atoms with van der Waals surface area (Å²) in [5.74, 6) is 0.920. The summed E-state index contributed by atoms with van der Waals surface area (Å²) < 4.78 is 17.6. The van der Waals surface area contributed by atoms with Gasteiger partial charge in [-0.3, -0.25) is 0 Å². The standard InChI is InChI=1S/C23H27FN6S.H2/c1-6-30-21(10-20(28-30)23(3,4)5)27-22-26-18(13-31-22)16-7-8-19(17(9-16)11-24)29-12-15(2)25-14-29;/h7-10,12-14H,6,11H2,1-5H3,(H,26,27);1H. The Kier molecular flexibility index (Phi) is 5.66. The quantitative estimate of drug-likeness (QED) is 0.383. The summed E-state index contributed by atoms with van der Waals surface area (Å²) in [6.07, 6.45) is 3.60. The molecule has 6 nitrogen and oxygen atoms in total. The topological polar surface area (TPSA) is 60.6 Å². The van der Waals surface area contributed by atoms with Crippen LogP contribution in [-0.4, -0.2) is 24.3 Å². The fraction of sp³-hybridized carbons (Fsp3) is 0.348. The first-order chi connectivity index (χ1) is 14.8. The van der Waals surface area contributed by atoms with Crippen molar-refractivity contribution in [1.82, 2.24) is 24.3 Å². The van der Waals surface area contributed by atoms with Crippen molar-refractivity contribution in [3.8, 4) is 16.9 Å². The number of alkyl halides is 1. The third-order valence-electron chi connectivity index (χ3n) is 5.10. The Labute approximate surface area is 187 Å². The molecule has 0 saturated heterocycles. The van der Waals surface area contributed by atoms with E-state index in [1.54, 1.807) is 6.33 Å². The Morgan fingerprint density at radius 2 is 2.03 bits per heavy atom. The smallest absolute Gasteiger partial charge is 0.188 e. The molecular formula is C23H29FN6S. The molecule has 0 radical (unpaired) electrons. The summed E-state index contributed by atoms with van der Waals surface area (Å²) in [6, 6.07) is 7.82. The zero-order valence-electron chi connectivity index (χ0n) is 18.5. The number of imidazole rings is 1. The Balaban J connectivity index is 0.00000289. The molecule has 0 spiro atoms. The fourth-order valence-electron chi connectivity index (χ4n) is 3.35. The number of rotatable bonds is 6. The van der Waals surface area contributed by atoms with Gasteiger partial charge < -0.3 is 9.88 Å². The van der Waals surface area contributed by atoms with Crippen LogP contribution in [0.2, 0.25) is 0 Å². The van der Waals surface area contributed by atoms with Gasteiger partial charge in [0.25, 0.3) is 0 Å². The maximum absolute atomic E-state index is 13.8. The number of aryl methyl sites for hydroxylation is 2. The van der Waals surface area contributed by atoms with Crippen molar-refractivity contribution in [1.29, 1.82) is 0 Å². The molecule has 4 rings (SSSR count). The molecule has 0 saturated carbocycles. The number of aromatic nitrogens is 5. The number of thiazole rings is 1. The van der Waals surface area contributed by atoms with E-state index in [0.29, 0.717) is 5.56 Å². The SMILES string of the molecule is CCn1nc(C(C)(C)C)cc1Nc1nc(-c2ccc(-n3cnc(C)c3)c(CF)c2)cs1.[HH]. The number of anilines is 2. The summed E-state index contributed by atoms with van der Waals surface area (Å²) >= 11 is 1.52. The highest BCUT2D eigenvalue weighted by atomic mass is 32.1. The molecule has 0 amide bonds. The highest BCUT2D eigenvalue weighted by Gasteiger charge is 2.20. The van der Waals surface area contributed by atoms with Crippen LogP contribution in [0.5, 0.6) is 0 Å². The Bertz CT molecular complexity index is 1200. The van der Waals surface area contributed by atoms with Crippen LogP contribution in [0.15, 0.2) is 42.2 Å². The van der Waals surface area contributed by atoms with Crippen molar-refractivity contribution in [2.75, 3.05) is 5.32 Å². The van der Waals surface area contributed by atoms with Gasteiger partial charge in [-0.15, -0.1) is 11.3 Å². The van der Waals surface area contributed by atoms with Crippen LogP contribution in [0.3, 0.4) is 0 Å². The van der Waals surface area contributed by atoms with E-state index in [2.05, 4.69) is 44.1 Å². The molecule has 0 atom stereocenters. The highest BCUT2D eigenvalue weighted by molar-refractivity contribution is 7.14. The van der Waals surface area contributed by atoms with Gasteiger partial charge in [0.15, 0.2) is 5.13 Å². The van der Waals surface area contributed by atoms with E-state index in [1.165, 1.54) is 11.3 Å². The second kappa shape index (κ2) is 8.26. The molecular weight excluding hydrogens is 411 g/mol. The second-order valence-electron chi connectivity index (χ2n) is 8.54. The molecule has 1 aromatic carbocycles. The molecule has 0 aliphatic rings. The molecule has 3 heterocycles. The van der Waals surface area contributed by atoms with Gasteiger partial charge in [0, 0.05) is 42.2 Å². The largest absolute Gasteiger partial charge is 0.316 e. The number of nitrogens with one attached hydrogen (secondary N) is 1. The average Bonchev–Trinajstić information content (AvgIpc) is 3.47. The van der Waals surface area contributed by atoms with E-state index in [9.17, 15) is 4.39 Å². The van der Waals surface area contributed by atoms with Crippen LogP contribution >= 0.6 is 11.3 Å². The van der Waals surface area contributed by atoms with Crippen molar-refractivity contribution in [2.24, 2.45) is 0 Å². The lowest BCUT2D eigenvalue weighted by molar-refractivity contribution is 0.484. The highest BCUT2D eigenvalue weighted by Crippen LogP contribution is 2.31. The maximum atomic E-state index is 13.8. The number of halogens is 1.